The molecule has 1 saturated carbocycles. The molecule has 14 heavy (non-hydrogen) atoms. The first-order valence-corrected chi connectivity index (χ1v) is 5.69. The third kappa shape index (κ3) is 2.98. The molecule has 0 unspecified atom stereocenters. The Morgan fingerprint density at radius 1 is 1.36 bits per heavy atom. The molecule has 1 fully saturated rings. The Balaban J connectivity index is 2.43. The predicted octanol–water partition coefficient (Wildman–Crippen LogP) is 1.41. The number of hydrogen-bond donors (Lipinski definition) is 1. The Morgan fingerprint density at radius 2 is 2.00 bits per heavy atom. The second kappa shape index (κ2) is 6.02. The van der Waals surface area contributed by atoms with Gasteiger partial charge in [-0.3, -0.25) is 4.79 Å². The fourth-order valence-corrected chi connectivity index (χ4v) is 2.15. The molecule has 0 aliphatic heterocycles. The van der Waals surface area contributed by atoms with Crippen LogP contribution in [0.2, 0.25) is 0 Å². The van der Waals surface area contributed by atoms with Gasteiger partial charge in [-0.25, -0.2) is 0 Å². The summed E-state index contributed by atoms with van der Waals surface area (Å²) < 4.78 is 0. The summed E-state index contributed by atoms with van der Waals surface area (Å²) in [6.45, 7) is 3.43. The highest BCUT2D eigenvalue weighted by atomic mass is 16.3. The van der Waals surface area contributed by atoms with Crippen LogP contribution in [0, 0.1) is 5.92 Å². The van der Waals surface area contributed by atoms with E-state index in [1.807, 2.05) is 4.90 Å². The molecule has 3 heteroatoms. The van der Waals surface area contributed by atoms with Crippen molar-refractivity contribution in [2.45, 2.75) is 39.0 Å². The van der Waals surface area contributed by atoms with Crippen LogP contribution in [-0.2, 0) is 4.79 Å². The largest absolute Gasteiger partial charge is 0.395 e. The zero-order valence-electron chi connectivity index (χ0n) is 9.04. The molecule has 0 aromatic heterocycles. The summed E-state index contributed by atoms with van der Waals surface area (Å²) in [6.07, 6.45) is 5.44. The van der Waals surface area contributed by atoms with E-state index in [-0.39, 0.29) is 18.4 Å². The monoisotopic (exact) mass is 199 g/mol. The molecule has 0 atom stereocenters. The highest BCUT2D eigenvalue weighted by molar-refractivity contribution is 5.79. The lowest BCUT2D eigenvalue weighted by Gasteiger charge is -2.24. The molecular formula is C11H21NO2. The van der Waals surface area contributed by atoms with E-state index in [4.69, 9.17) is 5.11 Å². The topological polar surface area (TPSA) is 40.5 Å². The summed E-state index contributed by atoms with van der Waals surface area (Å²) in [5.41, 5.74) is 0. The van der Waals surface area contributed by atoms with Gasteiger partial charge in [0, 0.05) is 19.0 Å². The molecule has 0 heterocycles. The van der Waals surface area contributed by atoms with Gasteiger partial charge in [0.05, 0.1) is 6.61 Å². The molecular weight excluding hydrogens is 178 g/mol. The molecule has 0 saturated heterocycles. The second-order valence-corrected chi connectivity index (χ2v) is 4.03. The van der Waals surface area contributed by atoms with E-state index in [0.29, 0.717) is 6.54 Å². The SMILES string of the molecule is CCCN(CCO)C(=O)C1CCCC1. The molecule has 1 aliphatic carbocycles. The van der Waals surface area contributed by atoms with Crippen LogP contribution in [0.25, 0.3) is 0 Å². The summed E-state index contributed by atoms with van der Waals surface area (Å²) in [4.78, 5) is 13.8. The van der Waals surface area contributed by atoms with E-state index >= 15 is 0 Å². The van der Waals surface area contributed by atoms with E-state index in [0.717, 1.165) is 25.8 Å². The van der Waals surface area contributed by atoms with E-state index in [9.17, 15) is 4.79 Å². The van der Waals surface area contributed by atoms with Crippen LogP contribution >= 0.6 is 0 Å². The van der Waals surface area contributed by atoms with Crippen LogP contribution in [0.4, 0.5) is 0 Å². The van der Waals surface area contributed by atoms with Crippen LogP contribution in [0.3, 0.4) is 0 Å². The van der Waals surface area contributed by atoms with Gasteiger partial charge in [0.25, 0.3) is 0 Å². The van der Waals surface area contributed by atoms with Crippen molar-refractivity contribution in [3.8, 4) is 0 Å². The molecule has 0 spiro atoms. The number of aliphatic hydroxyl groups is 1. The van der Waals surface area contributed by atoms with Gasteiger partial charge >= 0.3 is 0 Å². The average molecular weight is 199 g/mol. The number of carbonyl (C=O) groups is 1. The molecule has 0 aromatic rings. The first kappa shape index (κ1) is 11.5. The quantitative estimate of drug-likeness (QED) is 0.727. The van der Waals surface area contributed by atoms with Gasteiger partial charge in [-0.1, -0.05) is 19.8 Å². The number of rotatable bonds is 5. The normalized spacial score (nSPS) is 17.3. The van der Waals surface area contributed by atoms with Crippen LogP contribution in [-0.4, -0.2) is 35.6 Å². The maximum atomic E-state index is 11.9. The Labute approximate surface area is 86.1 Å². The minimum absolute atomic E-state index is 0.0818. The van der Waals surface area contributed by atoms with Crippen molar-refractivity contribution in [2.24, 2.45) is 5.92 Å². The zero-order chi connectivity index (χ0) is 10.4. The zero-order valence-corrected chi connectivity index (χ0v) is 9.04. The summed E-state index contributed by atoms with van der Waals surface area (Å²) in [5.74, 6) is 0.506. The van der Waals surface area contributed by atoms with Crippen LogP contribution in [0.1, 0.15) is 39.0 Å². The number of nitrogens with zero attached hydrogens (tertiary/aromatic N) is 1. The smallest absolute Gasteiger partial charge is 0.225 e. The number of hydrogen-bond acceptors (Lipinski definition) is 2. The van der Waals surface area contributed by atoms with Crippen LogP contribution in [0.5, 0.6) is 0 Å². The van der Waals surface area contributed by atoms with Gasteiger partial charge in [0.2, 0.25) is 5.91 Å². The van der Waals surface area contributed by atoms with Gasteiger partial charge in [-0.05, 0) is 19.3 Å². The minimum atomic E-state index is 0.0818. The van der Waals surface area contributed by atoms with Crippen molar-refractivity contribution in [3.63, 3.8) is 0 Å². The summed E-state index contributed by atoms with van der Waals surface area (Å²) in [7, 11) is 0. The van der Waals surface area contributed by atoms with Crippen LogP contribution < -0.4 is 0 Å². The van der Waals surface area contributed by atoms with Crippen molar-refractivity contribution in [3.05, 3.63) is 0 Å². The summed E-state index contributed by atoms with van der Waals surface area (Å²) >= 11 is 0. The standard InChI is InChI=1S/C11H21NO2/c1-2-7-12(8-9-13)11(14)10-5-3-4-6-10/h10,13H,2-9H2,1H3. The molecule has 1 rings (SSSR count). The molecule has 1 N–H and O–H groups in total. The van der Waals surface area contributed by atoms with Gasteiger partial charge in [-0.15, -0.1) is 0 Å². The molecule has 0 aromatic carbocycles. The number of amides is 1. The fraction of sp³-hybridized carbons (Fsp3) is 0.909. The van der Waals surface area contributed by atoms with E-state index in [1.54, 1.807) is 0 Å². The maximum Gasteiger partial charge on any atom is 0.225 e. The van der Waals surface area contributed by atoms with Crippen molar-refractivity contribution in [2.75, 3.05) is 19.7 Å². The number of aliphatic hydroxyl groups excluding tert-OH is 1. The lowest BCUT2D eigenvalue weighted by atomic mass is 10.1. The first-order chi connectivity index (χ1) is 6.79. The molecule has 1 aliphatic rings. The van der Waals surface area contributed by atoms with E-state index in [1.165, 1.54) is 12.8 Å². The highest BCUT2D eigenvalue weighted by Crippen LogP contribution is 2.26. The van der Waals surface area contributed by atoms with E-state index < -0.39 is 0 Å². The lowest BCUT2D eigenvalue weighted by molar-refractivity contribution is -0.135. The van der Waals surface area contributed by atoms with E-state index in [2.05, 4.69) is 6.92 Å². The molecule has 0 bridgehead atoms. The van der Waals surface area contributed by atoms with Crippen molar-refractivity contribution >= 4 is 5.91 Å². The van der Waals surface area contributed by atoms with Gasteiger partial charge < -0.3 is 10.0 Å². The summed E-state index contributed by atoms with van der Waals surface area (Å²) in [6, 6.07) is 0. The van der Waals surface area contributed by atoms with Crippen molar-refractivity contribution < 1.29 is 9.90 Å². The fourth-order valence-electron chi connectivity index (χ4n) is 2.15. The number of carbonyl (C=O) groups excluding carboxylic acids is 1. The van der Waals surface area contributed by atoms with Gasteiger partial charge in [-0.2, -0.15) is 0 Å². The average Bonchev–Trinajstić information content (AvgIpc) is 2.69. The first-order valence-electron chi connectivity index (χ1n) is 5.69. The lowest BCUT2D eigenvalue weighted by Crippen LogP contribution is -2.37. The molecule has 0 radical (unpaired) electrons. The Bertz CT molecular complexity index is 170. The van der Waals surface area contributed by atoms with Crippen LogP contribution in [0.15, 0.2) is 0 Å². The molecule has 82 valence electrons. The maximum absolute atomic E-state index is 11.9. The Kier molecular flexibility index (Phi) is 4.94. The van der Waals surface area contributed by atoms with Crippen molar-refractivity contribution in [1.82, 2.24) is 4.90 Å². The van der Waals surface area contributed by atoms with Crippen molar-refractivity contribution in [1.29, 1.82) is 0 Å². The van der Waals surface area contributed by atoms with Gasteiger partial charge in [0.15, 0.2) is 0 Å². The minimum Gasteiger partial charge on any atom is -0.395 e. The predicted molar refractivity (Wildman–Crippen MR) is 55.9 cm³/mol. The molecule has 1 amide bonds. The third-order valence-electron chi connectivity index (χ3n) is 2.88. The summed E-state index contributed by atoms with van der Waals surface area (Å²) in [5, 5.41) is 8.86. The second-order valence-electron chi connectivity index (χ2n) is 4.03. The molecule has 3 nitrogen and oxygen atoms in total. The third-order valence-corrected chi connectivity index (χ3v) is 2.88. The Morgan fingerprint density at radius 3 is 2.50 bits per heavy atom. The highest BCUT2D eigenvalue weighted by Gasteiger charge is 2.26. The Hall–Kier alpha value is -0.570. The van der Waals surface area contributed by atoms with Gasteiger partial charge in [0.1, 0.15) is 0 Å².